The number of ether oxygens (including phenoxy) is 1. The Labute approximate surface area is 165 Å². The Kier molecular flexibility index (Phi) is 5.46. The molecule has 2 aromatic rings. The largest absolute Gasteiger partial charge is 0.494 e. The van der Waals surface area contributed by atoms with E-state index in [0.29, 0.717) is 23.6 Å². The summed E-state index contributed by atoms with van der Waals surface area (Å²) in [5.41, 5.74) is 0.705. The number of nitrogens with zero attached hydrogens (tertiary/aromatic N) is 2. The van der Waals surface area contributed by atoms with Crippen LogP contribution in [0.2, 0.25) is 0 Å². The van der Waals surface area contributed by atoms with Crippen molar-refractivity contribution >= 4 is 46.6 Å². The minimum atomic E-state index is -0.634. The van der Waals surface area contributed by atoms with Crippen LogP contribution >= 0.6 is 12.2 Å². The number of nitro benzene ring substituents is 1. The van der Waals surface area contributed by atoms with E-state index >= 15 is 0 Å². The molecule has 1 aliphatic rings. The molecule has 0 aromatic heterocycles. The first-order valence-electron chi connectivity index (χ1n) is 8.29. The SMILES string of the molecule is CCOc1cccc(N2C(=O)/C(=C/c3ccc([N+](=O)[O-])cc3)C(=O)NC2=S)c1. The zero-order valence-electron chi connectivity index (χ0n) is 14.7. The maximum atomic E-state index is 13.0. The second-order valence-corrected chi connectivity index (χ2v) is 6.12. The smallest absolute Gasteiger partial charge is 0.270 e. The molecule has 8 nitrogen and oxygen atoms in total. The lowest BCUT2D eigenvalue weighted by Gasteiger charge is -2.29. The Hall–Kier alpha value is -3.59. The van der Waals surface area contributed by atoms with Gasteiger partial charge >= 0.3 is 0 Å². The van der Waals surface area contributed by atoms with Crippen LogP contribution in [0.1, 0.15) is 12.5 Å². The topological polar surface area (TPSA) is 102 Å². The molecule has 1 heterocycles. The highest BCUT2D eigenvalue weighted by Crippen LogP contribution is 2.26. The van der Waals surface area contributed by atoms with Crippen molar-refractivity contribution < 1.29 is 19.2 Å². The van der Waals surface area contributed by atoms with Crippen LogP contribution in [0.4, 0.5) is 11.4 Å². The van der Waals surface area contributed by atoms with Crippen molar-refractivity contribution in [3.8, 4) is 5.75 Å². The summed E-state index contributed by atoms with van der Waals surface area (Å²) in [7, 11) is 0. The molecule has 0 radical (unpaired) electrons. The summed E-state index contributed by atoms with van der Waals surface area (Å²) in [4.78, 5) is 36.7. The molecule has 28 heavy (non-hydrogen) atoms. The Bertz CT molecular complexity index is 1000. The third kappa shape index (κ3) is 3.89. The Balaban J connectivity index is 1.95. The average Bonchev–Trinajstić information content (AvgIpc) is 2.66. The van der Waals surface area contributed by atoms with Gasteiger partial charge in [0.05, 0.1) is 17.2 Å². The molecule has 1 N–H and O–H groups in total. The summed E-state index contributed by atoms with van der Waals surface area (Å²) in [6.45, 7) is 2.30. The van der Waals surface area contributed by atoms with Crippen LogP contribution in [0.25, 0.3) is 6.08 Å². The first-order chi connectivity index (χ1) is 13.4. The Morgan fingerprint density at radius 3 is 2.57 bits per heavy atom. The monoisotopic (exact) mass is 397 g/mol. The lowest BCUT2D eigenvalue weighted by molar-refractivity contribution is -0.384. The minimum Gasteiger partial charge on any atom is -0.494 e. The number of benzene rings is 2. The normalized spacial score (nSPS) is 15.5. The van der Waals surface area contributed by atoms with Crippen molar-refractivity contribution in [1.29, 1.82) is 0 Å². The van der Waals surface area contributed by atoms with Crippen LogP contribution in [-0.4, -0.2) is 28.5 Å². The van der Waals surface area contributed by atoms with Gasteiger partial charge in [-0.3, -0.25) is 29.9 Å². The molecule has 1 fully saturated rings. The fourth-order valence-electron chi connectivity index (χ4n) is 2.63. The predicted molar refractivity (Wildman–Crippen MR) is 107 cm³/mol. The highest BCUT2D eigenvalue weighted by Gasteiger charge is 2.34. The Morgan fingerprint density at radius 1 is 1.21 bits per heavy atom. The maximum absolute atomic E-state index is 13.0. The quantitative estimate of drug-likeness (QED) is 0.274. The van der Waals surface area contributed by atoms with Gasteiger partial charge in [0.1, 0.15) is 11.3 Å². The molecule has 0 spiro atoms. The molecule has 2 amide bonds. The van der Waals surface area contributed by atoms with Gasteiger partial charge in [-0.15, -0.1) is 0 Å². The zero-order valence-corrected chi connectivity index (χ0v) is 15.6. The van der Waals surface area contributed by atoms with Gasteiger partial charge in [-0.1, -0.05) is 6.07 Å². The summed E-state index contributed by atoms with van der Waals surface area (Å²) >= 11 is 5.16. The minimum absolute atomic E-state index is 0.0375. The fourth-order valence-corrected chi connectivity index (χ4v) is 2.91. The highest BCUT2D eigenvalue weighted by atomic mass is 32.1. The number of non-ortho nitro benzene ring substituents is 1. The van der Waals surface area contributed by atoms with E-state index in [0.717, 1.165) is 0 Å². The van der Waals surface area contributed by atoms with Crippen molar-refractivity contribution in [2.45, 2.75) is 6.92 Å². The molecule has 0 saturated carbocycles. The van der Waals surface area contributed by atoms with Crippen LogP contribution < -0.4 is 15.0 Å². The van der Waals surface area contributed by atoms with Crippen LogP contribution in [0, 0.1) is 10.1 Å². The van der Waals surface area contributed by atoms with E-state index in [1.807, 2.05) is 6.92 Å². The van der Waals surface area contributed by atoms with E-state index in [1.54, 1.807) is 24.3 Å². The molecule has 2 aromatic carbocycles. The third-order valence-electron chi connectivity index (χ3n) is 3.90. The molecule has 1 saturated heterocycles. The highest BCUT2D eigenvalue weighted by molar-refractivity contribution is 7.80. The second-order valence-electron chi connectivity index (χ2n) is 5.74. The van der Waals surface area contributed by atoms with E-state index in [1.165, 1.54) is 35.2 Å². The predicted octanol–water partition coefficient (Wildman–Crippen LogP) is 2.82. The van der Waals surface area contributed by atoms with Gasteiger partial charge in [-0.25, -0.2) is 0 Å². The lowest BCUT2D eigenvalue weighted by Crippen LogP contribution is -2.54. The molecule has 9 heteroatoms. The van der Waals surface area contributed by atoms with Gasteiger partial charge < -0.3 is 4.74 Å². The summed E-state index contributed by atoms with van der Waals surface area (Å²) in [6.07, 6.45) is 1.36. The van der Waals surface area contributed by atoms with Crippen LogP contribution in [-0.2, 0) is 9.59 Å². The van der Waals surface area contributed by atoms with Crippen molar-refractivity contribution in [3.63, 3.8) is 0 Å². The molecule has 0 atom stereocenters. The van der Waals surface area contributed by atoms with Crippen LogP contribution in [0.5, 0.6) is 5.75 Å². The van der Waals surface area contributed by atoms with E-state index in [4.69, 9.17) is 17.0 Å². The fraction of sp³-hybridized carbons (Fsp3) is 0.105. The van der Waals surface area contributed by atoms with Crippen molar-refractivity contribution in [3.05, 3.63) is 69.8 Å². The van der Waals surface area contributed by atoms with Gasteiger partial charge in [0, 0.05) is 18.2 Å². The number of nitrogens with one attached hydrogen (secondary N) is 1. The molecule has 3 rings (SSSR count). The van der Waals surface area contributed by atoms with Crippen LogP contribution in [0.3, 0.4) is 0 Å². The van der Waals surface area contributed by atoms with Gasteiger partial charge in [0.25, 0.3) is 17.5 Å². The summed E-state index contributed by atoms with van der Waals surface area (Å²) in [5.74, 6) is -0.667. The van der Waals surface area contributed by atoms with Crippen LogP contribution in [0.15, 0.2) is 54.1 Å². The van der Waals surface area contributed by atoms with Gasteiger partial charge in [0.2, 0.25) is 0 Å². The lowest BCUT2D eigenvalue weighted by atomic mass is 10.1. The first kappa shape index (κ1) is 19.2. The molecular formula is C19H15N3O5S. The molecule has 142 valence electrons. The van der Waals surface area contributed by atoms with Gasteiger partial charge in [-0.2, -0.15) is 0 Å². The summed E-state index contributed by atoms with van der Waals surface area (Å²) in [5, 5.41) is 13.2. The molecule has 0 bridgehead atoms. The van der Waals surface area contributed by atoms with E-state index in [-0.39, 0.29) is 16.4 Å². The van der Waals surface area contributed by atoms with Gasteiger partial charge in [0.15, 0.2) is 5.11 Å². The summed E-state index contributed by atoms with van der Waals surface area (Å²) < 4.78 is 5.44. The number of carbonyl (C=O) groups excluding carboxylic acids is 2. The average molecular weight is 397 g/mol. The van der Waals surface area contributed by atoms with Crippen molar-refractivity contribution in [1.82, 2.24) is 5.32 Å². The first-order valence-corrected chi connectivity index (χ1v) is 8.70. The molecular weight excluding hydrogens is 382 g/mol. The number of thiocarbonyl (C=S) groups is 1. The number of anilines is 1. The number of hydrogen-bond donors (Lipinski definition) is 1. The van der Waals surface area contributed by atoms with Gasteiger partial charge in [-0.05, 0) is 55.0 Å². The number of carbonyl (C=O) groups is 2. The number of nitro groups is 1. The standard InChI is InChI=1S/C19H15N3O5S/c1-2-27-15-5-3-4-14(11-15)21-18(24)16(17(23)20-19(21)28)10-12-6-8-13(9-7-12)22(25)26/h3-11H,2H2,1H3,(H,20,23,28)/b16-10+. The number of hydrogen-bond acceptors (Lipinski definition) is 6. The molecule has 0 unspecified atom stereocenters. The molecule has 0 aliphatic carbocycles. The maximum Gasteiger partial charge on any atom is 0.270 e. The summed E-state index contributed by atoms with van der Waals surface area (Å²) in [6, 6.07) is 12.3. The second kappa shape index (κ2) is 7.97. The van der Waals surface area contributed by atoms with E-state index in [9.17, 15) is 19.7 Å². The zero-order chi connectivity index (χ0) is 20.3. The number of rotatable bonds is 5. The Morgan fingerprint density at radius 2 is 1.93 bits per heavy atom. The molecule has 1 aliphatic heterocycles. The van der Waals surface area contributed by atoms with Crippen molar-refractivity contribution in [2.24, 2.45) is 0 Å². The third-order valence-corrected chi connectivity index (χ3v) is 4.19. The van der Waals surface area contributed by atoms with Crippen molar-refractivity contribution in [2.75, 3.05) is 11.5 Å². The number of amides is 2. The van der Waals surface area contributed by atoms with E-state index < -0.39 is 16.7 Å². The van der Waals surface area contributed by atoms with E-state index in [2.05, 4.69) is 5.32 Å².